The highest BCUT2D eigenvalue weighted by molar-refractivity contribution is 5.81. The van der Waals surface area contributed by atoms with Crippen LogP contribution in [0.4, 0.5) is 18.9 Å². The van der Waals surface area contributed by atoms with Gasteiger partial charge in [0, 0.05) is 45.0 Å². The zero-order valence-corrected chi connectivity index (χ0v) is 15.6. The number of alkyl halides is 3. The molecule has 6 nitrogen and oxygen atoms in total. The van der Waals surface area contributed by atoms with Crippen LogP contribution in [0.1, 0.15) is 5.56 Å². The third-order valence-corrected chi connectivity index (χ3v) is 5.34. The quantitative estimate of drug-likeness (QED) is 0.700. The number of piperazine rings is 1. The van der Waals surface area contributed by atoms with Crippen molar-refractivity contribution in [1.82, 2.24) is 14.5 Å². The van der Waals surface area contributed by atoms with Gasteiger partial charge in [-0.2, -0.15) is 13.2 Å². The predicted molar refractivity (Wildman–Crippen MR) is 104 cm³/mol. The minimum absolute atomic E-state index is 0.0352. The Labute approximate surface area is 164 Å². The fraction of sp³-hybridized carbons (Fsp3) is 0.350. The Morgan fingerprint density at radius 2 is 1.72 bits per heavy atom. The van der Waals surface area contributed by atoms with Gasteiger partial charge in [-0.1, -0.05) is 12.1 Å². The molecule has 1 aromatic heterocycles. The first-order chi connectivity index (χ1) is 13.8. The zero-order valence-electron chi connectivity index (χ0n) is 15.6. The number of aromatic nitrogens is 2. The van der Waals surface area contributed by atoms with Crippen molar-refractivity contribution in [2.24, 2.45) is 0 Å². The van der Waals surface area contributed by atoms with E-state index in [1.165, 1.54) is 18.2 Å². The molecule has 1 fully saturated rings. The van der Waals surface area contributed by atoms with Crippen LogP contribution in [0, 0.1) is 0 Å². The number of benzene rings is 2. The molecule has 0 saturated carbocycles. The highest BCUT2D eigenvalue weighted by Crippen LogP contribution is 2.31. The maximum absolute atomic E-state index is 12.9. The maximum Gasteiger partial charge on any atom is 0.416 e. The van der Waals surface area contributed by atoms with E-state index in [0.29, 0.717) is 56.0 Å². The SMILES string of the molecule is O=c1[nH]c2c(O)cccc2n1CCN1CCN(c2cccc(C(F)(F)F)c2)CC1. The van der Waals surface area contributed by atoms with Gasteiger partial charge in [-0.3, -0.25) is 9.47 Å². The summed E-state index contributed by atoms with van der Waals surface area (Å²) >= 11 is 0. The van der Waals surface area contributed by atoms with Crippen molar-refractivity contribution in [2.45, 2.75) is 12.7 Å². The number of halogens is 3. The first-order valence-electron chi connectivity index (χ1n) is 9.38. The summed E-state index contributed by atoms with van der Waals surface area (Å²) in [6, 6.07) is 10.4. The molecule has 29 heavy (non-hydrogen) atoms. The number of nitrogens with zero attached hydrogens (tertiary/aromatic N) is 3. The fourth-order valence-corrected chi connectivity index (χ4v) is 3.74. The number of hydrogen-bond donors (Lipinski definition) is 2. The molecule has 0 aliphatic carbocycles. The van der Waals surface area contributed by atoms with E-state index < -0.39 is 11.7 Å². The molecule has 2 heterocycles. The average Bonchev–Trinajstić information content (AvgIpc) is 3.03. The summed E-state index contributed by atoms with van der Waals surface area (Å²) in [6.07, 6.45) is -4.35. The zero-order chi connectivity index (χ0) is 20.6. The van der Waals surface area contributed by atoms with Gasteiger partial charge in [0.05, 0.1) is 11.1 Å². The van der Waals surface area contributed by atoms with Gasteiger partial charge in [0.2, 0.25) is 0 Å². The van der Waals surface area contributed by atoms with E-state index in [2.05, 4.69) is 9.88 Å². The number of hydrogen-bond acceptors (Lipinski definition) is 4. The van der Waals surface area contributed by atoms with Crippen molar-refractivity contribution >= 4 is 16.7 Å². The predicted octanol–water partition coefficient (Wildman–Crippen LogP) is 2.88. The molecule has 0 unspecified atom stereocenters. The molecule has 154 valence electrons. The van der Waals surface area contributed by atoms with Crippen LogP contribution in [-0.4, -0.2) is 52.3 Å². The lowest BCUT2D eigenvalue weighted by molar-refractivity contribution is -0.137. The summed E-state index contributed by atoms with van der Waals surface area (Å²) in [6.45, 7) is 3.72. The van der Waals surface area contributed by atoms with Gasteiger partial charge in [0.25, 0.3) is 0 Å². The largest absolute Gasteiger partial charge is 0.506 e. The number of rotatable bonds is 4. The molecular formula is C20H21F3N4O2. The number of anilines is 1. The van der Waals surface area contributed by atoms with Crippen LogP contribution in [-0.2, 0) is 12.7 Å². The number of imidazole rings is 1. The van der Waals surface area contributed by atoms with Crippen molar-refractivity contribution < 1.29 is 18.3 Å². The normalized spacial score (nSPS) is 15.9. The van der Waals surface area contributed by atoms with Gasteiger partial charge in [0.15, 0.2) is 0 Å². The minimum atomic E-state index is -4.35. The van der Waals surface area contributed by atoms with Gasteiger partial charge in [0.1, 0.15) is 11.3 Å². The van der Waals surface area contributed by atoms with Crippen LogP contribution in [0.5, 0.6) is 5.75 Å². The molecule has 2 aromatic carbocycles. The third-order valence-electron chi connectivity index (χ3n) is 5.34. The molecule has 2 N–H and O–H groups in total. The van der Waals surface area contributed by atoms with Crippen LogP contribution in [0.15, 0.2) is 47.3 Å². The lowest BCUT2D eigenvalue weighted by Crippen LogP contribution is -2.47. The molecule has 9 heteroatoms. The summed E-state index contributed by atoms with van der Waals surface area (Å²) in [7, 11) is 0. The number of aromatic hydroxyl groups is 1. The van der Waals surface area contributed by atoms with E-state index in [1.807, 2.05) is 4.90 Å². The van der Waals surface area contributed by atoms with E-state index in [4.69, 9.17) is 0 Å². The molecule has 4 rings (SSSR count). The number of fused-ring (bicyclic) bond motifs is 1. The first-order valence-corrected chi connectivity index (χ1v) is 9.38. The van der Waals surface area contributed by atoms with Crippen molar-refractivity contribution in [3.8, 4) is 5.75 Å². The second-order valence-electron chi connectivity index (χ2n) is 7.13. The van der Waals surface area contributed by atoms with E-state index in [-0.39, 0.29) is 11.4 Å². The second kappa shape index (κ2) is 7.47. The van der Waals surface area contributed by atoms with E-state index >= 15 is 0 Å². The summed E-state index contributed by atoms with van der Waals surface area (Å²) in [5.41, 5.74) is 0.732. The Morgan fingerprint density at radius 1 is 1.00 bits per heavy atom. The smallest absolute Gasteiger partial charge is 0.416 e. The van der Waals surface area contributed by atoms with Crippen molar-refractivity contribution in [1.29, 1.82) is 0 Å². The molecule has 0 spiro atoms. The topological polar surface area (TPSA) is 64.5 Å². The van der Waals surface area contributed by atoms with Gasteiger partial charge in [-0.05, 0) is 30.3 Å². The number of H-pyrrole nitrogens is 1. The Balaban J connectivity index is 1.38. The van der Waals surface area contributed by atoms with Gasteiger partial charge >= 0.3 is 11.9 Å². The lowest BCUT2D eigenvalue weighted by atomic mass is 10.1. The van der Waals surface area contributed by atoms with E-state index in [9.17, 15) is 23.1 Å². The molecule has 3 aromatic rings. The van der Waals surface area contributed by atoms with Crippen LogP contribution < -0.4 is 10.6 Å². The monoisotopic (exact) mass is 406 g/mol. The highest BCUT2D eigenvalue weighted by Gasteiger charge is 2.31. The Bertz CT molecular complexity index is 1070. The van der Waals surface area contributed by atoms with Crippen molar-refractivity contribution in [3.05, 3.63) is 58.5 Å². The van der Waals surface area contributed by atoms with E-state index in [0.717, 1.165) is 6.07 Å². The molecule has 0 radical (unpaired) electrons. The Hall–Kier alpha value is -2.94. The standard InChI is InChI=1S/C20H21F3N4O2/c21-20(22,23)14-3-1-4-15(13-14)26-10-7-25(8-11-26)9-12-27-16-5-2-6-17(28)18(16)24-19(27)29/h1-6,13,28H,7-12H2,(H,24,29). The van der Waals surface area contributed by atoms with Crippen LogP contribution in [0.25, 0.3) is 11.0 Å². The average molecular weight is 406 g/mol. The number of phenolic OH excluding ortho intramolecular Hbond substituents is 1. The van der Waals surface area contributed by atoms with Crippen LogP contribution >= 0.6 is 0 Å². The molecule has 1 aliphatic heterocycles. The van der Waals surface area contributed by atoms with E-state index in [1.54, 1.807) is 22.8 Å². The third kappa shape index (κ3) is 3.95. The van der Waals surface area contributed by atoms with Gasteiger partial charge in [-0.25, -0.2) is 4.79 Å². The molecule has 1 aliphatic rings. The summed E-state index contributed by atoms with van der Waals surface area (Å²) in [5, 5.41) is 9.86. The fourth-order valence-electron chi connectivity index (χ4n) is 3.74. The second-order valence-corrected chi connectivity index (χ2v) is 7.13. The van der Waals surface area contributed by atoms with Crippen molar-refractivity contribution in [3.63, 3.8) is 0 Å². The van der Waals surface area contributed by atoms with Crippen LogP contribution in [0.2, 0.25) is 0 Å². The molecular weight excluding hydrogens is 385 g/mol. The first kappa shape index (κ1) is 19.4. The molecule has 0 atom stereocenters. The number of para-hydroxylation sites is 1. The number of aromatic amines is 1. The lowest BCUT2D eigenvalue weighted by Gasteiger charge is -2.36. The van der Waals surface area contributed by atoms with Crippen molar-refractivity contribution in [2.75, 3.05) is 37.6 Å². The Kier molecular flexibility index (Phi) is 4.99. The summed E-state index contributed by atoms with van der Waals surface area (Å²) in [5.74, 6) is 0.0352. The molecule has 0 bridgehead atoms. The minimum Gasteiger partial charge on any atom is -0.506 e. The Morgan fingerprint density at radius 3 is 2.45 bits per heavy atom. The highest BCUT2D eigenvalue weighted by atomic mass is 19.4. The van der Waals surface area contributed by atoms with Gasteiger partial charge < -0.3 is 15.0 Å². The number of phenols is 1. The maximum atomic E-state index is 12.9. The summed E-state index contributed by atoms with van der Waals surface area (Å²) in [4.78, 5) is 19.0. The van der Waals surface area contributed by atoms with Gasteiger partial charge in [-0.15, -0.1) is 0 Å². The molecule has 0 amide bonds. The van der Waals surface area contributed by atoms with Crippen LogP contribution in [0.3, 0.4) is 0 Å². The summed E-state index contributed by atoms with van der Waals surface area (Å²) < 4.78 is 40.4. The number of nitrogens with one attached hydrogen (secondary N) is 1. The molecule has 1 saturated heterocycles.